The molecule has 0 heterocycles. The zero-order chi connectivity index (χ0) is 15.2. The van der Waals surface area contributed by atoms with Crippen LogP contribution in [0.15, 0.2) is 48.5 Å². The summed E-state index contributed by atoms with van der Waals surface area (Å²) in [5.74, 6) is -0.0665. The van der Waals surface area contributed by atoms with Gasteiger partial charge in [0.25, 0.3) is 0 Å². The standard InChI is InChI=1S/C17H19ClN2O/c1-12-7-3-6-10-16(12)20-17(21)11-19-13(2)14-8-4-5-9-15(14)18/h3-10,13,19H,11H2,1-2H3,(H,20,21). The van der Waals surface area contributed by atoms with Crippen molar-refractivity contribution in [3.05, 3.63) is 64.7 Å². The van der Waals surface area contributed by atoms with Crippen LogP contribution in [0.25, 0.3) is 0 Å². The largest absolute Gasteiger partial charge is 0.325 e. The van der Waals surface area contributed by atoms with Crippen LogP contribution in [0.5, 0.6) is 0 Å². The first-order valence-electron chi connectivity index (χ1n) is 6.91. The number of carbonyl (C=O) groups excluding carboxylic acids is 1. The van der Waals surface area contributed by atoms with E-state index in [2.05, 4.69) is 10.6 Å². The lowest BCUT2D eigenvalue weighted by molar-refractivity contribution is -0.115. The van der Waals surface area contributed by atoms with Crippen molar-refractivity contribution in [2.75, 3.05) is 11.9 Å². The molecule has 0 bridgehead atoms. The van der Waals surface area contributed by atoms with E-state index in [1.807, 2.05) is 62.4 Å². The molecule has 110 valence electrons. The minimum atomic E-state index is -0.0665. The number of hydrogen-bond donors (Lipinski definition) is 2. The first-order valence-corrected chi connectivity index (χ1v) is 7.29. The van der Waals surface area contributed by atoms with Crippen LogP contribution in [-0.2, 0) is 4.79 Å². The van der Waals surface area contributed by atoms with Crippen molar-refractivity contribution in [1.82, 2.24) is 5.32 Å². The first kappa shape index (κ1) is 15.5. The molecule has 0 saturated heterocycles. The molecule has 2 aromatic rings. The predicted molar refractivity (Wildman–Crippen MR) is 87.7 cm³/mol. The number of anilines is 1. The van der Waals surface area contributed by atoms with E-state index in [0.29, 0.717) is 5.02 Å². The third-order valence-corrected chi connectivity index (χ3v) is 3.70. The molecule has 0 aliphatic rings. The highest BCUT2D eigenvalue weighted by Gasteiger charge is 2.10. The molecular formula is C17H19ClN2O. The number of aryl methyl sites for hydroxylation is 1. The van der Waals surface area contributed by atoms with E-state index in [9.17, 15) is 4.79 Å². The Hall–Kier alpha value is -1.84. The Morgan fingerprint density at radius 1 is 1.14 bits per heavy atom. The first-order chi connectivity index (χ1) is 10.1. The van der Waals surface area contributed by atoms with Gasteiger partial charge < -0.3 is 10.6 Å². The zero-order valence-electron chi connectivity index (χ0n) is 12.2. The van der Waals surface area contributed by atoms with Gasteiger partial charge in [-0.15, -0.1) is 0 Å². The molecule has 1 atom stereocenters. The van der Waals surface area contributed by atoms with Gasteiger partial charge in [-0.1, -0.05) is 48.0 Å². The number of amides is 1. The van der Waals surface area contributed by atoms with Gasteiger partial charge >= 0.3 is 0 Å². The zero-order valence-corrected chi connectivity index (χ0v) is 12.9. The molecule has 1 amide bonds. The van der Waals surface area contributed by atoms with E-state index in [4.69, 9.17) is 11.6 Å². The van der Waals surface area contributed by atoms with Gasteiger partial charge in [0, 0.05) is 16.8 Å². The molecule has 0 spiro atoms. The van der Waals surface area contributed by atoms with E-state index in [-0.39, 0.29) is 18.5 Å². The summed E-state index contributed by atoms with van der Waals surface area (Å²) < 4.78 is 0. The summed E-state index contributed by atoms with van der Waals surface area (Å²) in [5, 5.41) is 6.79. The number of nitrogens with one attached hydrogen (secondary N) is 2. The van der Waals surface area contributed by atoms with Crippen LogP contribution in [-0.4, -0.2) is 12.5 Å². The maximum Gasteiger partial charge on any atom is 0.238 e. The van der Waals surface area contributed by atoms with Gasteiger partial charge in [-0.05, 0) is 37.1 Å². The van der Waals surface area contributed by atoms with Crippen molar-refractivity contribution in [1.29, 1.82) is 0 Å². The second-order valence-corrected chi connectivity index (χ2v) is 5.39. The molecule has 0 aliphatic heterocycles. The topological polar surface area (TPSA) is 41.1 Å². The minimum absolute atomic E-state index is 0.0151. The van der Waals surface area contributed by atoms with E-state index in [0.717, 1.165) is 16.8 Å². The predicted octanol–water partition coefficient (Wildman–Crippen LogP) is 3.94. The number of halogens is 1. The Bertz CT molecular complexity index is 628. The maximum absolute atomic E-state index is 12.0. The number of para-hydroxylation sites is 1. The lowest BCUT2D eigenvalue weighted by Crippen LogP contribution is -2.30. The molecule has 0 saturated carbocycles. The summed E-state index contributed by atoms with van der Waals surface area (Å²) in [7, 11) is 0. The summed E-state index contributed by atoms with van der Waals surface area (Å²) in [6.07, 6.45) is 0. The van der Waals surface area contributed by atoms with Crippen molar-refractivity contribution in [2.24, 2.45) is 0 Å². The van der Waals surface area contributed by atoms with Crippen molar-refractivity contribution >= 4 is 23.2 Å². The molecule has 4 heteroatoms. The summed E-state index contributed by atoms with van der Waals surface area (Å²) in [4.78, 5) is 12.0. The molecular weight excluding hydrogens is 284 g/mol. The fraction of sp³-hybridized carbons (Fsp3) is 0.235. The van der Waals surface area contributed by atoms with E-state index >= 15 is 0 Å². The van der Waals surface area contributed by atoms with Crippen LogP contribution in [0, 0.1) is 6.92 Å². The number of hydrogen-bond acceptors (Lipinski definition) is 2. The van der Waals surface area contributed by atoms with E-state index in [1.165, 1.54) is 0 Å². The van der Waals surface area contributed by atoms with Crippen molar-refractivity contribution in [3.63, 3.8) is 0 Å². The Balaban J connectivity index is 1.90. The van der Waals surface area contributed by atoms with Gasteiger partial charge in [0.15, 0.2) is 0 Å². The molecule has 0 aliphatic carbocycles. The molecule has 21 heavy (non-hydrogen) atoms. The van der Waals surface area contributed by atoms with Gasteiger partial charge in [0.2, 0.25) is 5.91 Å². The second kappa shape index (κ2) is 7.25. The Labute approximate surface area is 130 Å². The van der Waals surface area contributed by atoms with Gasteiger partial charge in [0.05, 0.1) is 6.54 Å². The highest BCUT2D eigenvalue weighted by atomic mass is 35.5. The van der Waals surface area contributed by atoms with Crippen LogP contribution in [0.1, 0.15) is 24.1 Å². The Kier molecular flexibility index (Phi) is 5.37. The third-order valence-electron chi connectivity index (χ3n) is 3.36. The average Bonchev–Trinajstić information content (AvgIpc) is 2.48. The van der Waals surface area contributed by atoms with Crippen molar-refractivity contribution in [3.8, 4) is 0 Å². The number of rotatable bonds is 5. The quantitative estimate of drug-likeness (QED) is 0.878. The molecule has 2 N–H and O–H groups in total. The molecule has 3 nitrogen and oxygen atoms in total. The lowest BCUT2D eigenvalue weighted by Gasteiger charge is -2.16. The summed E-state index contributed by atoms with van der Waals surface area (Å²) >= 11 is 6.14. The van der Waals surface area contributed by atoms with E-state index < -0.39 is 0 Å². The van der Waals surface area contributed by atoms with Gasteiger partial charge in [0.1, 0.15) is 0 Å². The molecule has 0 radical (unpaired) electrons. The highest BCUT2D eigenvalue weighted by molar-refractivity contribution is 6.31. The van der Waals surface area contributed by atoms with Crippen LogP contribution in [0.2, 0.25) is 5.02 Å². The Morgan fingerprint density at radius 3 is 2.52 bits per heavy atom. The van der Waals surface area contributed by atoms with Crippen molar-refractivity contribution in [2.45, 2.75) is 19.9 Å². The fourth-order valence-corrected chi connectivity index (χ4v) is 2.39. The average molecular weight is 303 g/mol. The summed E-state index contributed by atoms with van der Waals surface area (Å²) in [5.41, 5.74) is 2.88. The Morgan fingerprint density at radius 2 is 1.81 bits per heavy atom. The summed E-state index contributed by atoms with van der Waals surface area (Å²) in [6, 6.07) is 15.4. The van der Waals surface area contributed by atoms with Gasteiger partial charge in [-0.25, -0.2) is 0 Å². The van der Waals surface area contributed by atoms with Gasteiger partial charge in [-0.3, -0.25) is 4.79 Å². The SMILES string of the molecule is Cc1ccccc1NC(=O)CNC(C)c1ccccc1Cl. The van der Waals surface area contributed by atoms with E-state index in [1.54, 1.807) is 0 Å². The number of carbonyl (C=O) groups is 1. The molecule has 1 unspecified atom stereocenters. The lowest BCUT2D eigenvalue weighted by atomic mass is 10.1. The second-order valence-electron chi connectivity index (χ2n) is 4.99. The van der Waals surface area contributed by atoms with Gasteiger partial charge in [-0.2, -0.15) is 0 Å². The normalized spacial score (nSPS) is 12.0. The number of benzene rings is 2. The minimum Gasteiger partial charge on any atom is -0.325 e. The molecule has 2 rings (SSSR count). The fourth-order valence-electron chi connectivity index (χ4n) is 2.09. The highest BCUT2D eigenvalue weighted by Crippen LogP contribution is 2.21. The van der Waals surface area contributed by atoms with Crippen LogP contribution in [0.3, 0.4) is 0 Å². The van der Waals surface area contributed by atoms with Crippen LogP contribution >= 0.6 is 11.6 Å². The van der Waals surface area contributed by atoms with Crippen LogP contribution in [0.4, 0.5) is 5.69 Å². The third kappa shape index (κ3) is 4.31. The molecule has 2 aromatic carbocycles. The summed E-state index contributed by atoms with van der Waals surface area (Å²) in [6.45, 7) is 4.19. The molecule has 0 aromatic heterocycles. The smallest absolute Gasteiger partial charge is 0.238 e. The molecule has 0 fully saturated rings. The van der Waals surface area contributed by atoms with Crippen LogP contribution < -0.4 is 10.6 Å². The van der Waals surface area contributed by atoms with Crippen molar-refractivity contribution < 1.29 is 4.79 Å². The maximum atomic E-state index is 12.0. The monoisotopic (exact) mass is 302 g/mol.